The van der Waals surface area contributed by atoms with Gasteiger partial charge in [-0.3, -0.25) is 15.0 Å². The van der Waals surface area contributed by atoms with Crippen molar-refractivity contribution in [2.75, 3.05) is 26.3 Å². The number of nitrogens with zero attached hydrogens (tertiary/aromatic N) is 1. The van der Waals surface area contributed by atoms with Crippen molar-refractivity contribution in [2.24, 2.45) is 0 Å². The number of likely N-dealkylation sites (tertiary alicyclic amines) is 1. The molecule has 2 N–H and O–H groups in total. The van der Waals surface area contributed by atoms with Crippen molar-refractivity contribution in [1.82, 2.24) is 15.5 Å². The van der Waals surface area contributed by atoms with Crippen LogP contribution < -0.4 is 20.1 Å². The molecule has 0 bridgehead atoms. The SMILES string of the molecule is O=C(CN1CCCC1c1ccc2c(c1)OCCO2)NC(=O)NC1CCCCC1. The number of hydrogen-bond donors (Lipinski definition) is 2. The summed E-state index contributed by atoms with van der Waals surface area (Å²) in [7, 11) is 0. The van der Waals surface area contributed by atoms with E-state index in [-0.39, 0.29) is 30.6 Å². The van der Waals surface area contributed by atoms with E-state index in [0.29, 0.717) is 13.2 Å². The Morgan fingerprint density at radius 2 is 1.79 bits per heavy atom. The first-order valence-electron chi connectivity index (χ1n) is 10.4. The van der Waals surface area contributed by atoms with Gasteiger partial charge in [-0.2, -0.15) is 0 Å². The summed E-state index contributed by atoms with van der Waals surface area (Å²) in [6.07, 6.45) is 7.53. The highest BCUT2D eigenvalue weighted by Crippen LogP contribution is 2.37. The number of urea groups is 1. The molecule has 1 unspecified atom stereocenters. The van der Waals surface area contributed by atoms with Gasteiger partial charge in [0.25, 0.3) is 0 Å². The fourth-order valence-corrected chi connectivity index (χ4v) is 4.48. The third-order valence-corrected chi connectivity index (χ3v) is 5.85. The normalized spacial score (nSPS) is 22.6. The molecule has 152 valence electrons. The largest absolute Gasteiger partial charge is 0.486 e. The number of ether oxygens (including phenoxy) is 2. The summed E-state index contributed by atoms with van der Waals surface area (Å²) in [6, 6.07) is 5.99. The number of carbonyl (C=O) groups excluding carboxylic acids is 2. The molecule has 2 heterocycles. The van der Waals surface area contributed by atoms with Gasteiger partial charge in [0.2, 0.25) is 5.91 Å². The maximum absolute atomic E-state index is 12.4. The molecule has 1 atom stereocenters. The minimum Gasteiger partial charge on any atom is -0.486 e. The fourth-order valence-electron chi connectivity index (χ4n) is 4.48. The second-order valence-electron chi connectivity index (χ2n) is 7.89. The van der Waals surface area contributed by atoms with E-state index < -0.39 is 0 Å². The Bertz CT molecular complexity index is 718. The molecular weight excluding hydrogens is 358 g/mol. The van der Waals surface area contributed by atoms with Crippen LogP contribution in [0.3, 0.4) is 0 Å². The van der Waals surface area contributed by atoms with Crippen LogP contribution in [0, 0.1) is 0 Å². The highest BCUT2D eigenvalue weighted by atomic mass is 16.6. The minimum absolute atomic E-state index is 0.156. The lowest BCUT2D eigenvalue weighted by Gasteiger charge is -2.26. The summed E-state index contributed by atoms with van der Waals surface area (Å²) in [6.45, 7) is 2.20. The summed E-state index contributed by atoms with van der Waals surface area (Å²) >= 11 is 0. The molecule has 2 aliphatic heterocycles. The maximum Gasteiger partial charge on any atom is 0.321 e. The quantitative estimate of drug-likeness (QED) is 0.830. The zero-order valence-corrected chi connectivity index (χ0v) is 16.2. The van der Waals surface area contributed by atoms with Gasteiger partial charge >= 0.3 is 6.03 Å². The Morgan fingerprint density at radius 3 is 2.61 bits per heavy atom. The standard InChI is InChI=1S/C21H29N3O4/c25-20(23-21(26)22-16-5-2-1-3-6-16)14-24-10-4-7-17(24)15-8-9-18-19(13-15)28-12-11-27-18/h8-9,13,16-17H,1-7,10-12,14H2,(H2,22,23,25,26). The Morgan fingerprint density at radius 1 is 1.00 bits per heavy atom. The average Bonchev–Trinajstić information content (AvgIpc) is 3.16. The van der Waals surface area contributed by atoms with Crippen LogP contribution >= 0.6 is 0 Å². The number of amides is 3. The van der Waals surface area contributed by atoms with Gasteiger partial charge in [0, 0.05) is 12.1 Å². The number of hydrogen-bond acceptors (Lipinski definition) is 5. The first-order valence-corrected chi connectivity index (χ1v) is 10.4. The van der Waals surface area contributed by atoms with Crippen molar-refractivity contribution in [3.05, 3.63) is 23.8 Å². The van der Waals surface area contributed by atoms with E-state index in [1.165, 1.54) is 6.42 Å². The molecule has 1 aromatic rings. The summed E-state index contributed by atoms with van der Waals surface area (Å²) in [4.78, 5) is 26.7. The molecule has 0 radical (unpaired) electrons. The van der Waals surface area contributed by atoms with E-state index in [4.69, 9.17) is 9.47 Å². The molecule has 4 rings (SSSR count). The maximum atomic E-state index is 12.4. The topological polar surface area (TPSA) is 79.9 Å². The van der Waals surface area contributed by atoms with Gasteiger partial charge in [0.05, 0.1) is 6.54 Å². The van der Waals surface area contributed by atoms with Crippen LogP contribution in [0.2, 0.25) is 0 Å². The number of imide groups is 1. The summed E-state index contributed by atoms with van der Waals surface area (Å²) in [5, 5.41) is 5.43. The van der Waals surface area contributed by atoms with Crippen LogP contribution in [-0.4, -0.2) is 49.2 Å². The Labute approximate surface area is 165 Å². The predicted molar refractivity (Wildman–Crippen MR) is 105 cm³/mol. The molecule has 2 fully saturated rings. The lowest BCUT2D eigenvalue weighted by Crippen LogP contribution is -2.47. The molecule has 3 aliphatic rings. The van der Waals surface area contributed by atoms with Crippen LogP contribution in [0.15, 0.2) is 18.2 Å². The average molecular weight is 387 g/mol. The van der Waals surface area contributed by atoms with E-state index in [0.717, 1.165) is 62.1 Å². The Kier molecular flexibility index (Phi) is 6.00. The first-order chi connectivity index (χ1) is 13.7. The number of carbonyl (C=O) groups is 2. The van der Waals surface area contributed by atoms with Gasteiger partial charge in [0.15, 0.2) is 11.5 Å². The van der Waals surface area contributed by atoms with Crippen LogP contribution in [0.5, 0.6) is 11.5 Å². The molecular formula is C21H29N3O4. The van der Waals surface area contributed by atoms with E-state index in [1.54, 1.807) is 0 Å². The molecule has 7 heteroatoms. The van der Waals surface area contributed by atoms with Gasteiger partial charge in [-0.15, -0.1) is 0 Å². The molecule has 1 aromatic carbocycles. The van der Waals surface area contributed by atoms with E-state index in [1.807, 2.05) is 18.2 Å². The van der Waals surface area contributed by atoms with Gasteiger partial charge in [0.1, 0.15) is 13.2 Å². The Balaban J connectivity index is 1.32. The summed E-state index contributed by atoms with van der Waals surface area (Å²) < 4.78 is 11.3. The molecule has 1 saturated carbocycles. The summed E-state index contributed by atoms with van der Waals surface area (Å²) in [5.41, 5.74) is 1.13. The number of benzene rings is 1. The fraction of sp³-hybridized carbons (Fsp3) is 0.619. The van der Waals surface area contributed by atoms with Crippen molar-refractivity contribution in [2.45, 2.75) is 57.0 Å². The molecule has 1 aliphatic carbocycles. The molecule has 0 aromatic heterocycles. The van der Waals surface area contributed by atoms with Crippen molar-refractivity contribution in [1.29, 1.82) is 0 Å². The van der Waals surface area contributed by atoms with Crippen LogP contribution in [0.25, 0.3) is 0 Å². The zero-order valence-electron chi connectivity index (χ0n) is 16.2. The number of fused-ring (bicyclic) bond motifs is 1. The lowest BCUT2D eigenvalue weighted by atomic mass is 9.96. The van der Waals surface area contributed by atoms with E-state index >= 15 is 0 Å². The lowest BCUT2D eigenvalue weighted by molar-refractivity contribution is -0.121. The second kappa shape index (κ2) is 8.82. The highest BCUT2D eigenvalue weighted by molar-refractivity contribution is 5.95. The minimum atomic E-state index is -0.369. The third kappa shape index (κ3) is 4.58. The monoisotopic (exact) mass is 387 g/mol. The van der Waals surface area contributed by atoms with E-state index in [2.05, 4.69) is 15.5 Å². The molecule has 0 spiro atoms. The zero-order chi connectivity index (χ0) is 19.3. The first kappa shape index (κ1) is 19.1. The predicted octanol–water partition coefficient (Wildman–Crippen LogP) is 2.75. The molecule has 28 heavy (non-hydrogen) atoms. The molecule has 3 amide bonds. The highest BCUT2D eigenvalue weighted by Gasteiger charge is 2.29. The molecule has 7 nitrogen and oxygen atoms in total. The van der Waals surface area contributed by atoms with Crippen molar-refractivity contribution < 1.29 is 19.1 Å². The number of rotatable bonds is 4. The van der Waals surface area contributed by atoms with Crippen molar-refractivity contribution >= 4 is 11.9 Å². The second-order valence-corrected chi connectivity index (χ2v) is 7.89. The van der Waals surface area contributed by atoms with Crippen LogP contribution in [0.1, 0.15) is 56.6 Å². The Hall–Kier alpha value is -2.28. The van der Waals surface area contributed by atoms with Crippen LogP contribution in [0.4, 0.5) is 4.79 Å². The van der Waals surface area contributed by atoms with Gasteiger partial charge in [-0.1, -0.05) is 25.3 Å². The summed E-state index contributed by atoms with van der Waals surface area (Å²) in [5.74, 6) is 1.29. The van der Waals surface area contributed by atoms with Crippen molar-refractivity contribution in [3.8, 4) is 11.5 Å². The van der Waals surface area contributed by atoms with E-state index in [9.17, 15) is 9.59 Å². The number of nitrogens with one attached hydrogen (secondary N) is 2. The smallest absolute Gasteiger partial charge is 0.321 e. The van der Waals surface area contributed by atoms with Gasteiger partial charge in [-0.05, 0) is 49.9 Å². The van der Waals surface area contributed by atoms with Gasteiger partial charge in [-0.25, -0.2) is 4.79 Å². The van der Waals surface area contributed by atoms with Crippen LogP contribution in [-0.2, 0) is 4.79 Å². The molecule has 1 saturated heterocycles. The van der Waals surface area contributed by atoms with Crippen molar-refractivity contribution in [3.63, 3.8) is 0 Å². The van der Waals surface area contributed by atoms with Gasteiger partial charge < -0.3 is 14.8 Å². The third-order valence-electron chi connectivity index (χ3n) is 5.85.